The minimum Gasteiger partial charge on any atom is -0.332 e. The summed E-state index contributed by atoms with van der Waals surface area (Å²) in [6, 6.07) is 15.6. The van der Waals surface area contributed by atoms with Gasteiger partial charge in [0.05, 0.1) is 4.90 Å². The van der Waals surface area contributed by atoms with Crippen LogP contribution in [0.2, 0.25) is 0 Å². The van der Waals surface area contributed by atoms with Gasteiger partial charge in [-0.1, -0.05) is 71.2 Å². The Kier molecular flexibility index (Phi) is 5.57. The Hall–Kier alpha value is -1.27. The molecule has 122 valence electrons. The number of carbonyl (C=O) groups excluding carboxylic acids is 1. The number of hydrogen-bond acceptors (Lipinski definition) is 3. The molecule has 0 saturated carbocycles. The third kappa shape index (κ3) is 4.38. The minimum absolute atomic E-state index is 0.0512. The van der Waals surface area contributed by atoms with Crippen molar-refractivity contribution in [1.82, 2.24) is 5.32 Å². The van der Waals surface area contributed by atoms with Gasteiger partial charge in [0.1, 0.15) is 0 Å². The van der Waals surface area contributed by atoms with E-state index in [1.807, 2.05) is 0 Å². The second-order valence-corrected chi connectivity index (χ2v) is 9.02. The molecular weight excluding hydrogens is 381 g/mol. The maximum absolute atomic E-state index is 12.7. The summed E-state index contributed by atoms with van der Waals surface area (Å²) < 4.78 is 23.1. The molecular formula is C15H12Cl3NO3S. The third-order valence-electron chi connectivity index (χ3n) is 2.98. The average molecular weight is 393 g/mol. The van der Waals surface area contributed by atoms with Crippen molar-refractivity contribution in [2.24, 2.45) is 0 Å². The summed E-state index contributed by atoms with van der Waals surface area (Å²) in [7, 11) is -4.09. The first kappa shape index (κ1) is 18.1. The number of sulfone groups is 1. The van der Waals surface area contributed by atoms with E-state index in [9.17, 15) is 13.2 Å². The number of halogens is 3. The normalized spacial score (nSPS) is 13.3. The van der Waals surface area contributed by atoms with E-state index in [1.165, 1.54) is 24.3 Å². The quantitative estimate of drug-likeness (QED) is 0.809. The number of carbonyl (C=O) groups is 1. The Bertz CT molecular complexity index is 775. The first-order valence-electron chi connectivity index (χ1n) is 6.44. The van der Waals surface area contributed by atoms with Gasteiger partial charge in [-0.3, -0.25) is 4.79 Å². The van der Waals surface area contributed by atoms with E-state index in [1.54, 1.807) is 36.4 Å². The smallest absolute Gasteiger partial charge is 0.252 e. The van der Waals surface area contributed by atoms with Gasteiger partial charge in [-0.25, -0.2) is 8.42 Å². The van der Waals surface area contributed by atoms with Crippen molar-refractivity contribution in [3.05, 3.63) is 66.2 Å². The van der Waals surface area contributed by atoms with Crippen molar-refractivity contribution in [2.45, 2.75) is 14.1 Å². The summed E-state index contributed by atoms with van der Waals surface area (Å²) in [4.78, 5) is 12.2. The summed E-state index contributed by atoms with van der Waals surface area (Å²) >= 11 is 17.4. The van der Waals surface area contributed by atoms with Gasteiger partial charge in [-0.15, -0.1) is 0 Å². The van der Waals surface area contributed by atoms with Gasteiger partial charge >= 0.3 is 0 Å². The van der Waals surface area contributed by atoms with Crippen LogP contribution in [0, 0.1) is 0 Å². The average Bonchev–Trinajstić information content (AvgIpc) is 2.53. The predicted octanol–water partition coefficient (Wildman–Crippen LogP) is 3.59. The van der Waals surface area contributed by atoms with E-state index in [4.69, 9.17) is 34.8 Å². The zero-order chi connectivity index (χ0) is 17.1. The van der Waals surface area contributed by atoms with Crippen LogP contribution in [0.15, 0.2) is 65.6 Å². The van der Waals surface area contributed by atoms with Gasteiger partial charge in [0.2, 0.25) is 13.6 Å². The Labute approximate surface area is 149 Å². The van der Waals surface area contributed by atoms with Crippen molar-refractivity contribution < 1.29 is 13.2 Å². The zero-order valence-corrected chi connectivity index (χ0v) is 14.7. The molecule has 0 radical (unpaired) electrons. The fraction of sp³-hybridized carbons (Fsp3) is 0.133. The summed E-state index contributed by atoms with van der Waals surface area (Å²) in [5.74, 6) is -0.651. The van der Waals surface area contributed by atoms with Crippen molar-refractivity contribution in [3.8, 4) is 0 Å². The maximum atomic E-state index is 12.7. The number of rotatable bonds is 4. The lowest BCUT2D eigenvalue weighted by Gasteiger charge is -2.25. The molecule has 0 aromatic heterocycles. The molecule has 0 heterocycles. The highest BCUT2D eigenvalue weighted by Gasteiger charge is 2.44. The highest BCUT2D eigenvalue weighted by atomic mass is 35.6. The van der Waals surface area contributed by atoms with Crippen LogP contribution in [-0.4, -0.2) is 23.5 Å². The molecule has 0 fully saturated rings. The summed E-state index contributed by atoms with van der Waals surface area (Å²) in [5.41, 5.74) is 0.259. The number of hydrogen-bond donors (Lipinski definition) is 1. The van der Waals surface area contributed by atoms with E-state index in [0.29, 0.717) is 0 Å². The number of alkyl halides is 3. The molecule has 0 aliphatic rings. The fourth-order valence-corrected chi connectivity index (χ4v) is 4.52. The molecule has 0 bridgehead atoms. The van der Waals surface area contributed by atoms with Crippen LogP contribution >= 0.6 is 34.8 Å². The summed E-state index contributed by atoms with van der Waals surface area (Å²) in [6.07, 6.45) is 0. The van der Waals surface area contributed by atoms with Crippen LogP contribution in [0.25, 0.3) is 0 Å². The van der Waals surface area contributed by atoms with Crippen molar-refractivity contribution in [2.75, 3.05) is 0 Å². The number of benzene rings is 2. The topological polar surface area (TPSA) is 63.2 Å². The maximum Gasteiger partial charge on any atom is 0.252 e. The lowest BCUT2D eigenvalue weighted by atomic mass is 10.2. The van der Waals surface area contributed by atoms with E-state index in [0.717, 1.165) is 0 Å². The molecule has 0 saturated heterocycles. The SMILES string of the molecule is O=C(NC(C(Cl)(Cl)Cl)S(=O)(=O)c1ccccc1)c1ccccc1. The molecule has 8 heteroatoms. The van der Waals surface area contributed by atoms with Crippen LogP contribution in [0.4, 0.5) is 0 Å². The van der Waals surface area contributed by atoms with E-state index in [2.05, 4.69) is 5.32 Å². The van der Waals surface area contributed by atoms with Gasteiger partial charge in [-0.2, -0.15) is 0 Å². The lowest BCUT2D eigenvalue weighted by molar-refractivity contribution is 0.0948. The van der Waals surface area contributed by atoms with Gasteiger partial charge in [-0.05, 0) is 24.3 Å². The number of amides is 1. The fourth-order valence-electron chi connectivity index (χ4n) is 1.87. The Morgan fingerprint density at radius 2 is 1.39 bits per heavy atom. The monoisotopic (exact) mass is 391 g/mol. The lowest BCUT2D eigenvalue weighted by Crippen LogP contribution is -2.49. The molecule has 2 rings (SSSR count). The molecule has 1 amide bonds. The molecule has 23 heavy (non-hydrogen) atoms. The Morgan fingerprint density at radius 3 is 1.87 bits per heavy atom. The Balaban J connectivity index is 2.38. The molecule has 0 spiro atoms. The second kappa shape index (κ2) is 7.09. The predicted molar refractivity (Wildman–Crippen MR) is 91.6 cm³/mol. The van der Waals surface area contributed by atoms with E-state index in [-0.39, 0.29) is 10.5 Å². The van der Waals surface area contributed by atoms with Crippen LogP contribution in [-0.2, 0) is 9.84 Å². The van der Waals surface area contributed by atoms with E-state index >= 15 is 0 Å². The van der Waals surface area contributed by atoms with Gasteiger partial charge in [0.15, 0.2) is 5.37 Å². The van der Waals surface area contributed by atoms with Crippen LogP contribution in [0.5, 0.6) is 0 Å². The Morgan fingerprint density at radius 1 is 0.913 bits per heavy atom. The molecule has 2 aromatic rings. The standard InChI is InChI=1S/C15H12Cl3NO3S/c16-15(17,18)14(19-13(20)11-7-3-1-4-8-11)23(21,22)12-9-5-2-6-10-12/h1-10,14H,(H,19,20). The summed E-state index contributed by atoms with van der Waals surface area (Å²) in [5, 5.41) is 0.563. The first-order valence-corrected chi connectivity index (χ1v) is 9.12. The largest absolute Gasteiger partial charge is 0.332 e. The van der Waals surface area contributed by atoms with E-state index < -0.39 is 24.9 Å². The van der Waals surface area contributed by atoms with Gasteiger partial charge in [0.25, 0.3) is 5.91 Å². The zero-order valence-electron chi connectivity index (χ0n) is 11.6. The van der Waals surface area contributed by atoms with Gasteiger partial charge in [0, 0.05) is 5.56 Å². The molecule has 0 aliphatic heterocycles. The minimum atomic E-state index is -4.09. The summed E-state index contributed by atoms with van der Waals surface area (Å²) in [6.45, 7) is 0. The second-order valence-electron chi connectivity index (χ2n) is 4.62. The molecule has 2 aromatic carbocycles. The van der Waals surface area contributed by atoms with Crippen molar-refractivity contribution in [1.29, 1.82) is 0 Å². The van der Waals surface area contributed by atoms with Crippen molar-refractivity contribution >= 4 is 50.5 Å². The molecule has 1 N–H and O–H groups in total. The highest BCUT2D eigenvalue weighted by molar-refractivity contribution is 7.92. The molecule has 0 aliphatic carbocycles. The number of nitrogens with one attached hydrogen (secondary N) is 1. The third-order valence-corrected chi connectivity index (χ3v) is 6.04. The van der Waals surface area contributed by atoms with Crippen LogP contribution in [0.1, 0.15) is 10.4 Å². The first-order chi connectivity index (χ1) is 10.7. The molecule has 1 unspecified atom stereocenters. The van der Waals surface area contributed by atoms with Crippen LogP contribution < -0.4 is 5.32 Å². The van der Waals surface area contributed by atoms with Gasteiger partial charge < -0.3 is 5.32 Å². The van der Waals surface area contributed by atoms with Crippen LogP contribution in [0.3, 0.4) is 0 Å². The van der Waals surface area contributed by atoms with Crippen molar-refractivity contribution in [3.63, 3.8) is 0 Å². The highest BCUT2D eigenvalue weighted by Crippen LogP contribution is 2.35. The molecule has 4 nitrogen and oxygen atoms in total. The molecule has 1 atom stereocenters.